The van der Waals surface area contributed by atoms with E-state index in [9.17, 15) is 14.4 Å². The monoisotopic (exact) mass is 403 g/mol. The van der Waals surface area contributed by atoms with Crippen LogP contribution in [-0.4, -0.2) is 43.5 Å². The van der Waals surface area contributed by atoms with Gasteiger partial charge in [0.2, 0.25) is 0 Å². The highest BCUT2D eigenvalue weighted by Gasteiger charge is 2.21. The number of rotatable bonds is 8. The Balaban J connectivity index is 1.32. The fourth-order valence-corrected chi connectivity index (χ4v) is 3.42. The summed E-state index contributed by atoms with van der Waals surface area (Å²) in [5.41, 5.74) is 0. The van der Waals surface area contributed by atoms with Crippen LogP contribution in [0.2, 0.25) is 0 Å². The molecule has 1 amide bonds. The second-order valence-corrected chi connectivity index (χ2v) is 7.58. The Kier molecular flexibility index (Phi) is 6.65. The zero-order chi connectivity index (χ0) is 19.9. The van der Waals surface area contributed by atoms with Crippen molar-refractivity contribution in [1.29, 1.82) is 0 Å². The van der Waals surface area contributed by atoms with Crippen molar-refractivity contribution in [3.63, 3.8) is 0 Å². The molecule has 2 aromatic rings. The number of benzene rings is 1. The maximum atomic E-state index is 12.0. The summed E-state index contributed by atoms with van der Waals surface area (Å²) in [7, 11) is 0. The molecule has 0 fully saturated rings. The molecule has 3 rings (SSSR count). The number of ether oxygens (including phenoxy) is 3. The van der Waals surface area contributed by atoms with Gasteiger partial charge in [-0.15, -0.1) is 11.3 Å². The third-order valence-electron chi connectivity index (χ3n) is 4.03. The van der Waals surface area contributed by atoms with E-state index in [-0.39, 0.29) is 31.3 Å². The number of aryl methyl sites for hydroxylation is 1. The minimum absolute atomic E-state index is 0.0561. The van der Waals surface area contributed by atoms with Gasteiger partial charge in [-0.3, -0.25) is 14.4 Å². The van der Waals surface area contributed by atoms with Crippen LogP contribution in [0.4, 0.5) is 0 Å². The number of para-hydroxylation sites is 2. The lowest BCUT2D eigenvalue weighted by Crippen LogP contribution is -2.42. The number of amides is 1. The van der Waals surface area contributed by atoms with Crippen LogP contribution >= 0.6 is 11.3 Å². The number of thiophene rings is 1. The Bertz CT molecular complexity index is 862. The molecular weight excluding hydrogens is 382 g/mol. The van der Waals surface area contributed by atoms with Gasteiger partial charge in [0.1, 0.15) is 12.7 Å². The van der Waals surface area contributed by atoms with Gasteiger partial charge in [0.25, 0.3) is 5.91 Å². The van der Waals surface area contributed by atoms with Crippen LogP contribution in [0.3, 0.4) is 0 Å². The lowest BCUT2D eigenvalue weighted by molar-refractivity contribution is -0.148. The first kappa shape index (κ1) is 19.9. The molecule has 1 N–H and O–H groups in total. The first-order valence-electron chi connectivity index (χ1n) is 8.91. The molecule has 0 aliphatic carbocycles. The van der Waals surface area contributed by atoms with E-state index in [1.54, 1.807) is 12.1 Å². The second-order valence-electron chi connectivity index (χ2n) is 6.30. The number of esters is 1. The van der Waals surface area contributed by atoms with E-state index in [4.69, 9.17) is 14.2 Å². The summed E-state index contributed by atoms with van der Waals surface area (Å²) in [6.07, 6.45) is -0.312. The summed E-state index contributed by atoms with van der Waals surface area (Å²) < 4.78 is 16.2. The summed E-state index contributed by atoms with van der Waals surface area (Å²) in [6, 6.07) is 10.9. The van der Waals surface area contributed by atoms with Crippen molar-refractivity contribution in [3.8, 4) is 11.5 Å². The third-order valence-corrected chi connectivity index (χ3v) is 5.07. The smallest absolute Gasteiger partial charge is 0.306 e. The van der Waals surface area contributed by atoms with Crippen molar-refractivity contribution in [2.24, 2.45) is 0 Å². The van der Waals surface area contributed by atoms with Crippen molar-refractivity contribution in [1.82, 2.24) is 5.32 Å². The van der Waals surface area contributed by atoms with E-state index >= 15 is 0 Å². The normalized spacial score (nSPS) is 15.0. The molecular formula is C20H21NO6S. The summed E-state index contributed by atoms with van der Waals surface area (Å²) in [6.45, 7) is 2.08. The van der Waals surface area contributed by atoms with Gasteiger partial charge in [-0.2, -0.15) is 0 Å². The first-order chi connectivity index (χ1) is 13.5. The SMILES string of the molecule is Cc1ccc(C(=O)CCC(=O)OCC(=O)NC[C@H]2COc3ccccc3O2)s1. The fraction of sp³-hybridized carbons (Fsp3) is 0.350. The van der Waals surface area contributed by atoms with E-state index in [1.807, 2.05) is 31.2 Å². The van der Waals surface area contributed by atoms with Crippen molar-refractivity contribution < 1.29 is 28.6 Å². The number of carbonyl (C=O) groups is 3. The van der Waals surface area contributed by atoms with Gasteiger partial charge in [0.15, 0.2) is 23.9 Å². The van der Waals surface area contributed by atoms with Crippen LogP contribution in [0.5, 0.6) is 11.5 Å². The highest BCUT2D eigenvalue weighted by atomic mass is 32.1. The molecule has 28 heavy (non-hydrogen) atoms. The number of fused-ring (bicyclic) bond motifs is 1. The zero-order valence-electron chi connectivity index (χ0n) is 15.4. The summed E-state index contributed by atoms with van der Waals surface area (Å²) in [5, 5.41) is 2.65. The Hall–Kier alpha value is -2.87. The van der Waals surface area contributed by atoms with Gasteiger partial charge in [0, 0.05) is 11.3 Å². The molecule has 2 heterocycles. The Labute approximate surface area is 166 Å². The topological polar surface area (TPSA) is 90.9 Å². The van der Waals surface area contributed by atoms with Gasteiger partial charge in [0.05, 0.1) is 17.8 Å². The summed E-state index contributed by atoms with van der Waals surface area (Å²) >= 11 is 1.39. The molecule has 0 spiro atoms. The molecule has 0 unspecified atom stereocenters. The average Bonchev–Trinajstić information content (AvgIpc) is 3.15. The van der Waals surface area contributed by atoms with E-state index in [0.717, 1.165) is 4.88 Å². The van der Waals surface area contributed by atoms with Crippen LogP contribution in [0.25, 0.3) is 0 Å². The lowest BCUT2D eigenvalue weighted by atomic mass is 10.2. The molecule has 1 aromatic heterocycles. The predicted octanol–water partition coefficient (Wildman–Crippen LogP) is 2.52. The number of hydrogen-bond donors (Lipinski definition) is 1. The van der Waals surface area contributed by atoms with Gasteiger partial charge >= 0.3 is 5.97 Å². The second kappa shape index (κ2) is 9.36. The standard InChI is InChI=1S/C20H21NO6S/c1-13-6-8-18(28-13)15(22)7-9-20(24)26-12-19(23)21-10-14-11-25-16-4-2-3-5-17(16)27-14/h2-6,8,14H,7,9-12H2,1H3,(H,21,23)/t14-/m0/s1. The predicted molar refractivity (Wildman–Crippen MR) is 103 cm³/mol. The lowest BCUT2D eigenvalue weighted by Gasteiger charge is -2.26. The van der Waals surface area contributed by atoms with E-state index < -0.39 is 18.5 Å². The van der Waals surface area contributed by atoms with Crippen molar-refractivity contribution in [2.75, 3.05) is 19.8 Å². The number of Topliss-reactive ketones (excluding diaryl/α,β-unsaturated/α-hetero) is 1. The van der Waals surface area contributed by atoms with Gasteiger partial charge < -0.3 is 19.5 Å². The molecule has 0 saturated heterocycles. The molecule has 1 atom stereocenters. The maximum absolute atomic E-state index is 12.0. The molecule has 0 saturated carbocycles. The molecule has 1 aliphatic rings. The first-order valence-corrected chi connectivity index (χ1v) is 9.73. The number of carbonyl (C=O) groups excluding carboxylic acids is 3. The third kappa shape index (κ3) is 5.56. The average molecular weight is 403 g/mol. The molecule has 1 aromatic carbocycles. The number of nitrogens with one attached hydrogen (secondary N) is 1. The molecule has 1 aliphatic heterocycles. The Morgan fingerprint density at radius 1 is 1.14 bits per heavy atom. The van der Waals surface area contributed by atoms with Crippen LogP contribution in [-0.2, 0) is 14.3 Å². The zero-order valence-corrected chi connectivity index (χ0v) is 16.3. The number of ketones is 1. The van der Waals surface area contributed by atoms with Crippen molar-refractivity contribution in [2.45, 2.75) is 25.9 Å². The molecule has 8 heteroatoms. The van der Waals surface area contributed by atoms with Gasteiger partial charge in [-0.25, -0.2) is 0 Å². The molecule has 0 bridgehead atoms. The summed E-state index contributed by atoms with van der Waals surface area (Å²) in [5.74, 6) is 0.185. The molecule has 0 radical (unpaired) electrons. The van der Waals surface area contributed by atoms with Crippen LogP contribution in [0.15, 0.2) is 36.4 Å². The highest BCUT2D eigenvalue weighted by molar-refractivity contribution is 7.14. The van der Waals surface area contributed by atoms with Crippen molar-refractivity contribution >= 4 is 29.0 Å². The summed E-state index contributed by atoms with van der Waals surface area (Å²) in [4.78, 5) is 37.2. The molecule has 7 nitrogen and oxygen atoms in total. The maximum Gasteiger partial charge on any atom is 0.306 e. The van der Waals surface area contributed by atoms with Crippen molar-refractivity contribution in [3.05, 3.63) is 46.2 Å². The Morgan fingerprint density at radius 3 is 2.68 bits per heavy atom. The minimum Gasteiger partial charge on any atom is -0.486 e. The van der Waals surface area contributed by atoms with Crippen LogP contribution in [0.1, 0.15) is 27.4 Å². The van der Waals surface area contributed by atoms with E-state index in [0.29, 0.717) is 23.0 Å². The van der Waals surface area contributed by atoms with E-state index in [2.05, 4.69) is 5.32 Å². The molecule has 148 valence electrons. The van der Waals surface area contributed by atoms with Crippen LogP contribution in [0, 0.1) is 6.92 Å². The largest absolute Gasteiger partial charge is 0.486 e. The van der Waals surface area contributed by atoms with Gasteiger partial charge in [-0.05, 0) is 31.2 Å². The Morgan fingerprint density at radius 2 is 1.93 bits per heavy atom. The highest BCUT2D eigenvalue weighted by Crippen LogP contribution is 2.30. The van der Waals surface area contributed by atoms with Gasteiger partial charge in [-0.1, -0.05) is 12.1 Å². The quantitative estimate of drug-likeness (QED) is 0.538. The minimum atomic E-state index is -0.581. The fourth-order valence-electron chi connectivity index (χ4n) is 2.58. The van der Waals surface area contributed by atoms with E-state index in [1.165, 1.54) is 11.3 Å². The van der Waals surface area contributed by atoms with Crippen LogP contribution < -0.4 is 14.8 Å². The number of hydrogen-bond acceptors (Lipinski definition) is 7.